The van der Waals surface area contributed by atoms with E-state index in [1.165, 1.54) is 0 Å². The molecule has 7 heteroatoms. The van der Waals surface area contributed by atoms with Crippen LogP contribution in [-0.2, 0) is 9.59 Å². The lowest BCUT2D eigenvalue weighted by Gasteiger charge is -2.61. The van der Waals surface area contributed by atoms with Gasteiger partial charge < -0.3 is 15.7 Å². The first-order chi connectivity index (χ1) is 9.35. The summed E-state index contributed by atoms with van der Waals surface area (Å²) in [6.07, 6.45) is 1.05. The van der Waals surface area contributed by atoms with E-state index >= 15 is 0 Å². The highest BCUT2D eigenvalue weighted by atomic mass is 32.1. The largest absolute Gasteiger partial charge is 0.391 e. The van der Waals surface area contributed by atoms with E-state index in [1.54, 1.807) is 13.8 Å². The zero-order valence-electron chi connectivity index (χ0n) is 12.0. The Balaban J connectivity index is 2.22. The first-order valence-electron chi connectivity index (χ1n) is 6.97. The molecule has 2 rings (SSSR count). The average Bonchev–Trinajstić information content (AvgIpc) is 2.74. The fourth-order valence-electron chi connectivity index (χ4n) is 3.86. The van der Waals surface area contributed by atoms with E-state index in [2.05, 4.69) is 12.6 Å². The van der Waals surface area contributed by atoms with Crippen molar-refractivity contribution in [1.29, 1.82) is 0 Å². The summed E-state index contributed by atoms with van der Waals surface area (Å²) in [5.41, 5.74) is 5.16. The van der Waals surface area contributed by atoms with Crippen LogP contribution in [-0.4, -0.2) is 69.3 Å². The molecule has 3 N–H and O–H groups in total. The van der Waals surface area contributed by atoms with Crippen LogP contribution in [0.4, 0.5) is 0 Å². The highest BCUT2D eigenvalue weighted by Crippen LogP contribution is 2.44. The van der Waals surface area contributed by atoms with E-state index in [0.29, 0.717) is 12.3 Å². The Hall–Kier alpha value is -0.790. The minimum absolute atomic E-state index is 0.0377. The lowest BCUT2D eigenvalue weighted by molar-refractivity contribution is -0.160. The van der Waals surface area contributed by atoms with Gasteiger partial charge in [-0.1, -0.05) is 0 Å². The van der Waals surface area contributed by atoms with E-state index in [9.17, 15) is 14.7 Å². The second kappa shape index (κ2) is 5.54. The Morgan fingerprint density at radius 1 is 1.55 bits per heavy atom. The highest BCUT2D eigenvalue weighted by Gasteiger charge is 2.60. The minimum Gasteiger partial charge on any atom is -0.391 e. The quantitative estimate of drug-likeness (QED) is 0.594. The molecule has 2 amide bonds. The lowest BCUT2D eigenvalue weighted by atomic mass is 9.76. The molecule has 20 heavy (non-hydrogen) atoms. The van der Waals surface area contributed by atoms with Crippen molar-refractivity contribution in [2.24, 2.45) is 5.73 Å². The number of primary amides is 1. The molecule has 0 radical (unpaired) electrons. The summed E-state index contributed by atoms with van der Waals surface area (Å²) in [5.74, 6) is 0.0518. The van der Waals surface area contributed by atoms with Crippen LogP contribution < -0.4 is 5.73 Å². The first kappa shape index (κ1) is 15.6. The monoisotopic (exact) mass is 301 g/mol. The third-order valence-electron chi connectivity index (χ3n) is 4.66. The fraction of sp³-hybridized carbons (Fsp3) is 0.846. The SMILES string of the molecule is CC(=O)N1CCCC12CN([C@H](C(N)=O)[C@@H](C)O)C2CS. The Labute approximate surface area is 124 Å². The molecule has 0 bridgehead atoms. The summed E-state index contributed by atoms with van der Waals surface area (Å²) in [7, 11) is 0. The predicted octanol–water partition coefficient (Wildman–Crippen LogP) is -0.784. The van der Waals surface area contributed by atoms with Crippen LogP contribution in [0.2, 0.25) is 0 Å². The van der Waals surface area contributed by atoms with Gasteiger partial charge in [-0.2, -0.15) is 12.6 Å². The molecule has 0 aromatic carbocycles. The van der Waals surface area contributed by atoms with Gasteiger partial charge in [-0.25, -0.2) is 0 Å². The van der Waals surface area contributed by atoms with Crippen LogP contribution in [0.1, 0.15) is 26.7 Å². The molecule has 2 unspecified atom stereocenters. The van der Waals surface area contributed by atoms with E-state index in [0.717, 1.165) is 19.4 Å². The number of aliphatic hydroxyl groups is 1. The number of aliphatic hydroxyl groups excluding tert-OH is 1. The van der Waals surface area contributed by atoms with Crippen LogP contribution in [0, 0.1) is 0 Å². The van der Waals surface area contributed by atoms with Gasteiger partial charge in [0.1, 0.15) is 6.04 Å². The van der Waals surface area contributed by atoms with Gasteiger partial charge in [-0.3, -0.25) is 14.5 Å². The van der Waals surface area contributed by atoms with Crippen molar-refractivity contribution in [2.75, 3.05) is 18.8 Å². The molecule has 6 nitrogen and oxygen atoms in total. The highest BCUT2D eigenvalue weighted by molar-refractivity contribution is 7.80. The van der Waals surface area contributed by atoms with Crippen LogP contribution >= 0.6 is 12.6 Å². The van der Waals surface area contributed by atoms with Crippen molar-refractivity contribution in [3.8, 4) is 0 Å². The molecule has 0 saturated carbocycles. The fourth-order valence-corrected chi connectivity index (χ4v) is 4.41. The third-order valence-corrected chi connectivity index (χ3v) is 5.01. The third kappa shape index (κ3) is 2.21. The molecule has 2 saturated heterocycles. The van der Waals surface area contributed by atoms with Crippen molar-refractivity contribution in [2.45, 2.75) is 50.4 Å². The molecule has 1 spiro atoms. The molecule has 4 atom stereocenters. The maximum absolute atomic E-state index is 11.8. The second-order valence-electron chi connectivity index (χ2n) is 5.84. The smallest absolute Gasteiger partial charge is 0.237 e. The van der Waals surface area contributed by atoms with Crippen molar-refractivity contribution in [3.63, 3.8) is 0 Å². The Morgan fingerprint density at radius 3 is 2.65 bits per heavy atom. The second-order valence-corrected chi connectivity index (χ2v) is 6.20. The topological polar surface area (TPSA) is 86.9 Å². The van der Waals surface area contributed by atoms with Crippen molar-refractivity contribution >= 4 is 24.4 Å². The van der Waals surface area contributed by atoms with Crippen molar-refractivity contribution in [3.05, 3.63) is 0 Å². The normalized spacial score (nSPS) is 33.0. The van der Waals surface area contributed by atoms with Crippen LogP contribution in [0.15, 0.2) is 0 Å². The number of nitrogens with zero attached hydrogens (tertiary/aromatic N) is 2. The number of hydrogen-bond donors (Lipinski definition) is 3. The molecular formula is C13H23N3O3S. The van der Waals surface area contributed by atoms with Gasteiger partial charge in [0.15, 0.2) is 0 Å². The molecule has 0 aromatic heterocycles. The van der Waals surface area contributed by atoms with Gasteiger partial charge in [0, 0.05) is 31.8 Å². The zero-order chi connectivity index (χ0) is 15.1. The van der Waals surface area contributed by atoms with Gasteiger partial charge in [0.2, 0.25) is 11.8 Å². The lowest BCUT2D eigenvalue weighted by Crippen LogP contribution is -2.79. The molecule has 2 aliphatic heterocycles. The maximum Gasteiger partial charge on any atom is 0.237 e. The molecular weight excluding hydrogens is 278 g/mol. The number of likely N-dealkylation sites (tertiary alicyclic amines) is 2. The van der Waals surface area contributed by atoms with Gasteiger partial charge in [-0.05, 0) is 19.8 Å². The van der Waals surface area contributed by atoms with Crippen LogP contribution in [0.25, 0.3) is 0 Å². The van der Waals surface area contributed by atoms with Gasteiger partial charge in [0.05, 0.1) is 11.6 Å². The summed E-state index contributed by atoms with van der Waals surface area (Å²) in [5, 5.41) is 9.79. The van der Waals surface area contributed by atoms with E-state index in [1.807, 2.05) is 9.80 Å². The summed E-state index contributed by atoms with van der Waals surface area (Å²) < 4.78 is 0. The minimum atomic E-state index is -0.834. The summed E-state index contributed by atoms with van der Waals surface area (Å²) >= 11 is 4.38. The zero-order valence-corrected chi connectivity index (χ0v) is 12.8. The Bertz CT molecular complexity index is 418. The van der Waals surface area contributed by atoms with Crippen LogP contribution in [0.5, 0.6) is 0 Å². The number of carbonyl (C=O) groups excluding carboxylic acids is 2. The Kier molecular flexibility index (Phi) is 4.32. The number of thiol groups is 1. The number of carbonyl (C=O) groups is 2. The summed E-state index contributed by atoms with van der Waals surface area (Å²) in [4.78, 5) is 27.2. The predicted molar refractivity (Wildman–Crippen MR) is 78.4 cm³/mol. The number of amides is 2. The Morgan fingerprint density at radius 2 is 2.20 bits per heavy atom. The van der Waals surface area contributed by atoms with Crippen LogP contribution in [0.3, 0.4) is 0 Å². The van der Waals surface area contributed by atoms with Crippen molar-refractivity contribution < 1.29 is 14.7 Å². The number of hydrogen-bond acceptors (Lipinski definition) is 5. The summed E-state index contributed by atoms with van der Waals surface area (Å²) in [6, 6.07) is -0.753. The van der Waals surface area contributed by atoms with E-state index < -0.39 is 18.1 Å². The molecule has 2 fully saturated rings. The van der Waals surface area contributed by atoms with Gasteiger partial charge in [0.25, 0.3) is 0 Å². The molecule has 0 aliphatic carbocycles. The summed E-state index contributed by atoms with van der Waals surface area (Å²) in [6.45, 7) is 4.47. The molecule has 2 aliphatic rings. The van der Waals surface area contributed by atoms with Gasteiger partial charge >= 0.3 is 0 Å². The van der Waals surface area contributed by atoms with Crippen molar-refractivity contribution in [1.82, 2.24) is 9.80 Å². The van der Waals surface area contributed by atoms with E-state index in [4.69, 9.17) is 5.73 Å². The molecule has 2 heterocycles. The van der Waals surface area contributed by atoms with Gasteiger partial charge in [-0.15, -0.1) is 0 Å². The average molecular weight is 301 g/mol. The van der Waals surface area contributed by atoms with E-state index in [-0.39, 0.29) is 17.5 Å². The number of nitrogens with two attached hydrogens (primary N) is 1. The first-order valence-corrected chi connectivity index (χ1v) is 7.60. The number of rotatable bonds is 4. The molecule has 114 valence electrons. The molecule has 0 aromatic rings. The standard InChI is InChI=1S/C13H23N3O3S/c1-8(17)11(12(14)19)15-7-13(10(15)6-20)4-3-5-16(13)9(2)18/h8,10-11,17,20H,3-7H2,1-2H3,(H2,14,19)/t8-,10?,11+,13?/m1/s1. The maximum atomic E-state index is 11.8.